The lowest BCUT2D eigenvalue weighted by atomic mass is 10.3. The molecule has 1 aromatic rings. The fourth-order valence-electron chi connectivity index (χ4n) is 1.11. The van der Waals surface area contributed by atoms with Crippen LogP contribution in [0.5, 0.6) is 5.75 Å². The minimum atomic E-state index is 0.0176. The molecule has 1 aromatic heterocycles. The highest BCUT2D eigenvalue weighted by Crippen LogP contribution is 2.38. The number of nitrogens with zero attached hydrogens (tertiary/aromatic N) is 2. The predicted octanol–water partition coefficient (Wildman–Crippen LogP) is 0.941. The van der Waals surface area contributed by atoms with Gasteiger partial charge in [-0.1, -0.05) is 0 Å². The van der Waals surface area contributed by atoms with Crippen molar-refractivity contribution in [3.8, 4) is 5.75 Å². The monoisotopic (exact) mass is 231 g/mol. The first-order valence-electron chi connectivity index (χ1n) is 4.83. The lowest BCUT2D eigenvalue weighted by molar-refractivity contribution is 0.269. The third-order valence-corrected chi connectivity index (χ3v) is 3.13. The first kappa shape index (κ1) is 12.1. The Morgan fingerprint density at radius 2 is 2.33 bits per heavy atom. The summed E-state index contributed by atoms with van der Waals surface area (Å²) >= 11 is 1.28. The summed E-state index contributed by atoms with van der Waals surface area (Å²) < 4.78 is 9.47. The average molecular weight is 231 g/mol. The van der Waals surface area contributed by atoms with Crippen LogP contribution in [0.15, 0.2) is 0 Å². The highest BCUT2D eigenvalue weighted by Gasteiger charge is 2.19. The predicted molar refractivity (Wildman–Crippen MR) is 62.6 cm³/mol. The second kappa shape index (κ2) is 5.18. The number of hydrogen-bond donors (Lipinski definition) is 2. The second-order valence-electron chi connectivity index (χ2n) is 3.28. The van der Waals surface area contributed by atoms with Crippen LogP contribution < -0.4 is 15.4 Å². The molecule has 0 spiro atoms. The second-order valence-corrected chi connectivity index (χ2v) is 4.03. The van der Waals surface area contributed by atoms with Crippen LogP contribution in [0.25, 0.3) is 0 Å². The van der Waals surface area contributed by atoms with E-state index < -0.39 is 0 Å². The Labute approximate surface area is 93.6 Å². The Hall–Kier alpha value is -1.01. The molecule has 86 valence electrons. The summed E-state index contributed by atoms with van der Waals surface area (Å²) in [6, 6.07) is 0.0176. The van der Waals surface area contributed by atoms with Crippen molar-refractivity contribution in [2.45, 2.75) is 19.9 Å². The van der Waals surface area contributed by atoms with E-state index in [2.05, 4.69) is 4.37 Å². The van der Waals surface area contributed by atoms with E-state index in [0.717, 1.165) is 5.00 Å². The number of likely N-dealkylation sites (N-methyl/N-ethyl adjacent to an activating group) is 1. The van der Waals surface area contributed by atoms with Crippen molar-refractivity contribution in [2.75, 3.05) is 30.9 Å². The zero-order valence-electron chi connectivity index (χ0n) is 9.23. The molecule has 0 fully saturated rings. The lowest BCUT2D eigenvalue weighted by Gasteiger charge is -2.24. The van der Waals surface area contributed by atoms with Gasteiger partial charge in [-0.3, -0.25) is 0 Å². The number of nitrogens with two attached hydrogens (primary N) is 1. The molecule has 0 aliphatic carbocycles. The summed E-state index contributed by atoms with van der Waals surface area (Å²) in [6.07, 6.45) is 0. The largest absolute Gasteiger partial charge is 0.487 e. The number of ether oxygens (including phenoxy) is 1. The third kappa shape index (κ3) is 2.51. The Morgan fingerprint density at radius 1 is 1.67 bits per heavy atom. The van der Waals surface area contributed by atoms with Gasteiger partial charge in [-0.15, -0.1) is 0 Å². The van der Waals surface area contributed by atoms with E-state index in [1.807, 2.05) is 25.8 Å². The number of nitrogen functional groups attached to an aromatic ring is 1. The van der Waals surface area contributed by atoms with Crippen molar-refractivity contribution in [3.63, 3.8) is 0 Å². The van der Waals surface area contributed by atoms with Crippen LogP contribution in [0.2, 0.25) is 0 Å². The van der Waals surface area contributed by atoms with Gasteiger partial charge >= 0.3 is 0 Å². The molecule has 1 rings (SSSR count). The molecule has 0 amide bonds. The number of hydrogen-bond acceptors (Lipinski definition) is 6. The van der Waals surface area contributed by atoms with Crippen LogP contribution in [0, 0.1) is 0 Å². The van der Waals surface area contributed by atoms with Gasteiger partial charge in [0.05, 0.1) is 13.2 Å². The average Bonchev–Trinajstić information content (AvgIpc) is 2.59. The van der Waals surface area contributed by atoms with Gasteiger partial charge < -0.3 is 20.5 Å². The van der Waals surface area contributed by atoms with Crippen LogP contribution in [-0.4, -0.2) is 35.8 Å². The molecule has 1 unspecified atom stereocenters. The summed E-state index contributed by atoms with van der Waals surface area (Å²) in [4.78, 5) is 1.92. The minimum absolute atomic E-state index is 0.0176. The molecule has 0 radical (unpaired) electrons. The number of aromatic nitrogens is 1. The van der Waals surface area contributed by atoms with Crippen LogP contribution in [-0.2, 0) is 0 Å². The van der Waals surface area contributed by atoms with E-state index in [-0.39, 0.29) is 12.6 Å². The Kier molecular flexibility index (Phi) is 4.16. The van der Waals surface area contributed by atoms with Gasteiger partial charge in [-0.05, 0) is 25.4 Å². The zero-order valence-corrected chi connectivity index (χ0v) is 10.0. The Balaban J connectivity index is 2.92. The van der Waals surface area contributed by atoms with Crippen LogP contribution in [0.4, 0.5) is 10.8 Å². The van der Waals surface area contributed by atoms with Gasteiger partial charge in [0.1, 0.15) is 0 Å². The summed E-state index contributed by atoms with van der Waals surface area (Å²) in [6.45, 7) is 4.46. The van der Waals surface area contributed by atoms with E-state index in [1.165, 1.54) is 11.5 Å². The summed E-state index contributed by atoms with van der Waals surface area (Å²) in [5.74, 6) is 1.03. The van der Waals surface area contributed by atoms with Crippen LogP contribution >= 0.6 is 11.5 Å². The molecular weight excluding hydrogens is 214 g/mol. The van der Waals surface area contributed by atoms with Crippen molar-refractivity contribution in [1.29, 1.82) is 0 Å². The molecule has 1 heterocycles. The van der Waals surface area contributed by atoms with Crippen LogP contribution in [0.1, 0.15) is 13.8 Å². The molecule has 1 atom stereocenters. The molecular formula is C9H17N3O2S. The van der Waals surface area contributed by atoms with E-state index in [9.17, 15) is 0 Å². The SMILES string of the molecule is CCOc1c(N)nsc1N(C)C(C)CO. The van der Waals surface area contributed by atoms with Gasteiger partial charge in [0, 0.05) is 13.1 Å². The fourth-order valence-corrected chi connectivity index (χ4v) is 1.93. The maximum atomic E-state index is 9.06. The van der Waals surface area contributed by atoms with E-state index >= 15 is 0 Å². The normalized spacial score (nSPS) is 12.5. The molecule has 5 nitrogen and oxygen atoms in total. The number of rotatable bonds is 5. The molecule has 0 saturated carbocycles. The van der Waals surface area contributed by atoms with E-state index in [1.54, 1.807) is 0 Å². The van der Waals surface area contributed by atoms with E-state index in [0.29, 0.717) is 18.2 Å². The quantitative estimate of drug-likeness (QED) is 0.789. The molecule has 3 N–H and O–H groups in total. The Morgan fingerprint density at radius 3 is 2.87 bits per heavy atom. The highest BCUT2D eigenvalue weighted by atomic mass is 32.1. The number of aliphatic hydroxyl groups is 1. The third-order valence-electron chi connectivity index (χ3n) is 2.19. The molecule has 0 bridgehead atoms. The first-order valence-corrected chi connectivity index (χ1v) is 5.60. The van der Waals surface area contributed by atoms with Crippen molar-refractivity contribution in [2.24, 2.45) is 0 Å². The smallest absolute Gasteiger partial charge is 0.197 e. The number of aliphatic hydroxyl groups excluding tert-OH is 1. The van der Waals surface area contributed by atoms with Gasteiger partial charge in [-0.25, -0.2) is 0 Å². The summed E-state index contributed by atoms with van der Waals surface area (Å²) in [5.41, 5.74) is 5.69. The summed E-state index contributed by atoms with van der Waals surface area (Å²) in [7, 11) is 1.89. The van der Waals surface area contributed by atoms with Gasteiger partial charge in [0.25, 0.3) is 0 Å². The minimum Gasteiger partial charge on any atom is -0.487 e. The van der Waals surface area contributed by atoms with Gasteiger partial charge in [-0.2, -0.15) is 4.37 Å². The molecule has 0 aliphatic heterocycles. The van der Waals surface area contributed by atoms with Gasteiger partial charge in [0.15, 0.2) is 16.6 Å². The summed E-state index contributed by atoms with van der Waals surface area (Å²) in [5, 5.41) is 9.92. The lowest BCUT2D eigenvalue weighted by Crippen LogP contribution is -2.31. The molecule has 15 heavy (non-hydrogen) atoms. The Bertz CT molecular complexity index is 316. The zero-order chi connectivity index (χ0) is 11.4. The topological polar surface area (TPSA) is 71.6 Å². The molecule has 0 aliphatic rings. The maximum Gasteiger partial charge on any atom is 0.197 e. The fraction of sp³-hybridized carbons (Fsp3) is 0.667. The van der Waals surface area contributed by atoms with E-state index in [4.69, 9.17) is 15.6 Å². The van der Waals surface area contributed by atoms with Crippen molar-refractivity contribution >= 4 is 22.4 Å². The molecule has 0 aromatic carbocycles. The van der Waals surface area contributed by atoms with Gasteiger partial charge in [0.2, 0.25) is 0 Å². The standard InChI is InChI=1S/C9H17N3O2S/c1-4-14-7-8(10)11-15-9(7)12(3)6(2)5-13/h6,13H,4-5H2,1-3H3,(H2,10,11). The van der Waals surface area contributed by atoms with Crippen molar-refractivity contribution in [1.82, 2.24) is 4.37 Å². The van der Waals surface area contributed by atoms with Crippen molar-refractivity contribution < 1.29 is 9.84 Å². The molecule has 6 heteroatoms. The number of anilines is 2. The first-order chi connectivity index (χ1) is 7.11. The molecule has 0 saturated heterocycles. The highest BCUT2D eigenvalue weighted by molar-refractivity contribution is 7.11. The van der Waals surface area contributed by atoms with Crippen molar-refractivity contribution in [3.05, 3.63) is 0 Å². The van der Waals surface area contributed by atoms with Crippen LogP contribution in [0.3, 0.4) is 0 Å². The maximum absolute atomic E-state index is 9.06.